The molecule has 26 nitrogen and oxygen atoms in total. The summed E-state index contributed by atoms with van der Waals surface area (Å²) in [4.78, 5) is 185. The van der Waals surface area contributed by atoms with E-state index in [1.54, 1.807) is 62.3 Å². The SMILES string of the molecule is CCOC(=O)/C=C/C[C@@H](C)[C@@H](O)[C@@H]1NC(=O)[C@H](C(C)C)N(C)C(=O)[C@H](CC(C)C)N(C)C(=O)[C@H](CC(C)C)N(C)C(=O)[C@@H](C)NC(=O)[C@H](C)CC(=O)[C@H](CC(C)C)N(C)C(=O)[C@H](C(C)C)CC(=O)[C@H]([C@@H](C)OCCCCN2CCOCC2)N(C)C(=O)[C@@H](C)N(C)C(=O)[C@H](CC)NC1=O. The molecule has 0 radical (unpaired) electrons. The first-order valence-corrected chi connectivity index (χ1v) is 35.7. The maximum absolute atomic E-state index is 15.2. The number of aliphatic hydroxyl groups is 1. The van der Waals surface area contributed by atoms with E-state index in [9.17, 15) is 38.7 Å². The zero-order valence-electron chi connectivity index (χ0n) is 63.6. The summed E-state index contributed by atoms with van der Waals surface area (Å²) >= 11 is 0. The van der Waals surface area contributed by atoms with Gasteiger partial charge in [-0.3, -0.25) is 57.6 Å². The number of ketones is 2. The Bertz CT molecular complexity index is 2680. The highest BCUT2D eigenvalue weighted by Gasteiger charge is 2.45. The highest BCUT2D eigenvalue weighted by Crippen LogP contribution is 2.28. The molecule has 0 aromatic rings. The van der Waals surface area contributed by atoms with E-state index in [4.69, 9.17) is 14.2 Å². The van der Waals surface area contributed by atoms with Crippen LogP contribution in [0.3, 0.4) is 0 Å². The maximum Gasteiger partial charge on any atom is 0.330 e. The van der Waals surface area contributed by atoms with Crippen LogP contribution >= 0.6 is 0 Å². The molecule has 2 aliphatic rings. The van der Waals surface area contributed by atoms with E-state index in [0.29, 0.717) is 19.6 Å². The molecule has 2 rings (SSSR count). The van der Waals surface area contributed by atoms with E-state index in [2.05, 4.69) is 20.9 Å². The van der Waals surface area contributed by atoms with Crippen LogP contribution in [0.2, 0.25) is 0 Å². The lowest BCUT2D eigenvalue weighted by Gasteiger charge is -2.40. The first-order valence-electron chi connectivity index (χ1n) is 35.7. The maximum atomic E-state index is 15.2. The number of likely N-dealkylation sites (N-methyl/N-ethyl adjacent to an activating group) is 6. The number of carbonyl (C=O) groups is 12. The zero-order valence-corrected chi connectivity index (χ0v) is 63.6. The fourth-order valence-electron chi connectivity index (χ4n) is 12.8. The van der Waals surface area contributed by atoms with Crippen LogP contribution in [-0.2, 0) is 71.7 Å². The summed E-state index contributed by atoms with van der Waals surface area (Å²) in [5.41, 5.74) is 0. The molecular weight excluding hydrogens is 1260 g/mol. The predicted octanol–water partition coefficient (Wildman–Crippen LogP) is 4.51. The summed E-state index contributed by atoms with van der Waals surface area (Å²) in [6.07, 6.45) is 1.11. The first-order chi connectivity index (χ1) is 45.7. The van der Waals surface area contributed by atoms with Gasteiger partial charge in [0.2, 0.25) is 53.2 Å². The molecule has 0 aromatic heterocycles. The van der Waals surface area contributed by atoms with Gasteiger partial charge in [0.15, 0.2) is 11.6 Å². The monoisotopic (exact) mass is 1390 g/mol. The summed E-state index contributed by atoms with van der Waals surface area (Å²) in [7, 11) is 8.57. The number of morpholine rings is 1. The van der Waals surface area contributed by atoms with Crippen LogP contribution in [0.1, 0.15) is 175 Å². The highest BCUT2D eigenvalue weighted by molar-refractivity contribution is 6.00. The zero-order chi connectivity index (χ0) is 74.9. The van der Waals surface area contributed by atoms with Crippen molar-refractivity contribution in [3.63, 3.8) is 0 Å². The van der Waals surface area contributed by atoms with Crippen molar-refractivity contribution in [1.82, 2.24) is 50.2 Å². The van der Waals surface area contributed by atoms with E-state index in [0.717, 1.165) is 31.0 Å². The van der Waals surface area contributed by atoms with E-state index < -0.39 is 167 Å². The van der Waals surface area contributed by atoms with Crippen molar-refractivity contribution in [3.05, 3.63) is 12.2 Å². The summed E-state index contributed by atoms with van der Waals surface area (Å²) < 4.78 is 16.9. The molecule has 0 bridgehead atoms. The van der Waals surface area contributed by atoms with Crippen molar-refractivity contribution in [2.24, 2.45) is 47.3 Å². The number of carbonyl (C=O) groups excluding carboxylic acids is 12. The van der Waals surface area contributed by atoms with Crippen molar-refractivity contribution in [2.45, 2.75) is 242 Å². The Hall–Kier alpha value is -6.38. The molecule has 0 unspecified atom stereocenters. The third-order valence-corrected chi connectivity index (χ3v) is 19.1. The van der Waals surface area contributed by atoms with E-state index in [1.165, 1.54) is 92.8 Å². The lowest BCUT2D eigenvalue weighted by molar-refractivity contribution is -0.154. The minimum atomic E-state index is -1.81. The molecule has 4 N–H and O–H groups in total. The Morgan fingerprint density at radius 3 is 1.61 bits per heavy atom. The van der Waals surface area contributed by atoms with E-state index >= 15 is 24.0 Å². The van der Waals surface area contributed by atoms with Gasteiger partial charge in [-0.15, -0.1) is 0 Å². The van der Waals surface area contributed by atoms with Crippen molar-refractivity contribution >= 4 is 70.7 Å². The molecule has 2 heterocycles. The van der Waals surface area contributed by atoms with Crippen LogP contribution in [0.15, 0.2) is 12.2 Å². The van der Waals surface area contributed by atoms with Crippen LogP contribution in [0.25, 0.3) is 0 Å². The van der Waals surface area contributed by atoms with Gasteiger partial charge in [0.05, 0.1) is 38.1 Å². The van der Waals surface area contributed by atoms with Gasteiger partial charge in [-0.2, -0.15) is 0 Å². The van der Waals surface area contributed by atoms with Crippen LogP contribution in [0.4, 0.5) is 0 Å². The largest absolute Gasteiger partial charge is 0.463 e. The molecule has 0 saturated carbocycles. The molecule has 26 heteroatoms. The molecule has 0 spiro atoms. The summed E-state index contributed by atoms with van der Waals surface area (Å²) in [5, 5.41) is 20.3. The molecule has 2 saturated heterocycles. The summed E-state index contributed by atoms with van der Waals surface area (Å²) in [6, 6.07) is -11.7. The highest BCUT2D eigenvalue weighted by atomic mass is 16.5. The molecule has 2 aliphatic heterocycles. The molecular formula is C72H126N10O16. The Morgan fingerprint density at radius 1 is 0.571 bits per heavy atom. The topological polar surface area (TPSA) is 312 Å². The smallest absolute Gasteiger partial charge is 0.330 e. The number of hydrogen-bond donors (Lipinski definition) is 4. The molecule has 560 valence electrons. The van der Waals surface area contributed by atoms with Gasteiger partial charge in [-0.05, 0) is 115 Å². The Labute approximate surface area is 585 Å². The van der Waals surface area contributed by atoms with Crippen molar-refractivity contribution in [1.29, 1.82) is 0 Å². The van der Waals surface area contributed by atoms with Crippen LogP contribution in [0.5, 0.6) is 0 Å². The Balaban J connectivity index is 3.01. The van der Waals surface area contributed by atoms with E-state index in [1.807, 2.05) is 41.5 Å². The number of aliphatic hydroxyl groups excluding tert-OH is 1. The standard InChI is InChI=1S/C72H126N10O16/c1-24-53-70(93)76(18)50(16)68(91)81(23)62(51(17)98-34-27-26-31-82-32-35-96-36-33-82)58(84)41-52(45(9)10)69(92)77(19)54(37-42(3)4)57(83)40-48(14)64(87)73-49(15)67(90)78(20)55(38-43(5)6)71(94)79(21)56(39-44(7)8)72(95)80(22)61(46(11)12)66(89)75-60(65(88)74-53)63(86)47(13)29-28-30-59(85)97-25-2/h28,30,42-56,60-63,86H,24-27,29,31-41H2,1-23H3,(H,73,87)(H,74,88)(H,75,89)/b30-28+/t47-,48-,49-,50-,51-,52+,53+,54+,55+,56+,60+,61+,62+,63-/m1/s1. The lowest BCUT2D eigenvalue weighted by Crippen LogP contribution is -2.63. The average Bonchev–Trinajstić information content (AvgIpc) is 0.816. The molecule has 0 aliphatic carbocycles. The molecule has 2 fully saturated rings. The number of hydrogen-bond acceptors (Lipinski definition) is 17. The van der Waals surface area contributed by atoms with Gasteiger partial charge in [0.1, 0.15) is 48.3 Å². The Morgan fingerprint density at radius 2 is 1.09 bits per heavy atom. The summed E-state index contributed by atoms with van der Waals surface area (Å²) in [6.45, 7) is 33.2. The number of rotatable bonds is 22. The second-order valence-corrected chi connectivity index (χ2v) is 29.3. The third kappa shape index (κ3) is 26.0. The van der Waals surface area contributed by atoms with Crippen molar-refractivity contribution in [2.75, 3.05) is 88.3 Å². The van der Waals surface area contributed by atoms with Gasteiger partial charge < -0.3 is 64.7 Å². The van der Waals surface area contributed by atoms with Crippen molar-refractivity contribution in [3.8, 4) is 0 Å². The first kappa shape index (κ1) is 87.7. The average molecular weight is 1390 g/mol. The number of unbranched alkanes of at least 4 members (excludes halogenated alkanes) is 1. The number of ether oxygens (including phenoxy) is 3. The second-order valence-electron chi connectivity index (χ2n) is 29.3. The molecule has 9 amide bonds. The fraction of sp³-hybridized carbons (Fsp3) is 0.806. The van der Waals surface area contributed by atoms with Gasteiger partial charge in [0, 0.05) is 92.7 Å². The minimum Gasteiger partial charge on any atom is -0.463 e. The van der Waals surface area contributed by atoms with Crippen molar-refractivity contribution < 1.29 is 76.9 Å². The third-order valence-electron chi connectivity index (χ3n) is 19.1. The predicted molar refractivity (Wildman–Crippen MR) is 374 cm³/mol. The lowest BCUT2D eigenvalue weighted by atomic mass is 9.85. The van der Waals surface area contributed by atoms with Crippen LogP contribution < -0.4 is 16.0 Å². The number of allylic oxidation sites excluding steroid dienone is 1. The number of nitrogens with one attached hydrogen (secondary N) is 3. The Kier molecular flexibility index (Phi) is 37.6. The van der Waals surface area contributed by atoms with Gasteiger partial charge >= 0.3 is 5.97 Å². The van der Waals surface area contributed by atoms with Gasteiger partial charge in [-0.25, -0.2) is 4.79 Å². The van der Waals surface area contributed by atoms with Gasteiger partial charge in [-0.1, -0.05) is 96.1 Å². The van der Waals surface area contributed by atoms with E-state index in [-0.39, 0.29) is 75.9 Å². The number of Topliss-reactive ketones (excluding diaryl/α,β-unsaturated/α-hetero) is 2. The molecule has 0 aromatic carbocycles. The second kappa shape index (κ2) is 42.0. The normalized spacial score (nSPS) is 27.1. The quantitative estimate of drug-likeness (QED) is 0.0658. The number of amides is 9. The van der Waals surface area contributed by atoms with Crippen LogP contribution in [-0.4, -0.2) is 265 Å². The molecule has 14 atom stereocenters. The van der Waals surface area contributed by atoms with Crippen LogP contribution in [0, 0.1) is 47.3 Å². The number of esters is 1. The number of nitrogens with zero attached hydrogens (tertiary/aromatic N) is 7. The minimum absolute atomic E-state index is 0.00751. The molecule has 98 heavy (non-hydrogen) atoms. The van der Waals surface area contributed by atoms with Gasteiger partial charge in [0.25, 0.3) is 0 Å². The fourth-order valence-corrected chi connectivity index (χ4v) is 12.8. The summed E-state index contributed by atoms with van der Waals surface area (Å²) in [5.74, 6) is -12.4.